The van der Waals surface area contributed by atoms with Crippen LogP contribution < -0.4 is 10.6 Å². The number of pyridine rings is 1. The molecule has 1 aromatic rings. The molecule has 0 atom stereocenters. The third-order valence-corrected chi connectivity index (χ3v) is 2.39. The van der Waals surface area contributed by atoms with Gasteiger partial charge in [-0.25, -0.2) is 0 Å². The van der Waals surface area contributed by atoms with E-state index in [1.165, 1.54) is 0 Å². The molecule has 0 saturated carbocycles. The summed E-state index contributed by atoms with van der Waals surface area (Å²) in [6, 6.07) is 4.27. The Morgan fingerprint density at radius 2 is 2.14 bits per heavy atom. The lowest BCUT2D eigenvalue weighted by Gasteiger charge is -2.23. The summed E-state index contributed by atoms with van der Waals surface area (Å²) in [5, 5.41) is 0. The molecule has 3 nitrogen and oxygen atoms in total. The molecular weight excluding hydrogens is 194 g/mol. The summed E-state index contributed by atoms with van der Waals surface area (Å²) in [5.41, 5.74) is 7.19. The summed E-state index contributed by atoms with van der Waals surface area (Å²) < 4.78 is 0. The normalized spacial score (nSPS) is 10.3. The van der Waals surface area contributed by atoms with E-state index in [-0.39, 0.29) is 0 Å². The highest BCUT2D eigenvalue weighted by molar-refractivity contribution is 7.80. The fraction of sp³-hybridized carbons (Fsp3) is 0.400. The van der Waals surface area contributed by atoms with Gasteiger partial charge < -0.3 is 10.6 Å². The molecule has 1 heterocycles. The Labute approximate surface area is 89.9 Å². The van der Waals surface area contributed by atoms with Gasteiger partial charge in [-0.15, -0.1) is 0 Å². The molecule has 0 amide bonds. The van der Waals surface area contributed by atoms with Gasteiger partial charge >= 0.3 is 0 Å². The van der Waals surface area contributed by atoms with Crippen LogP contribution >= 0.6 is 12.2 Å². The fourth-order valence-corrected chi connectivity index (χ4v) is 1.16. The van der Waals surface area contributed by atoms with E-state index in [9.17, 15) is 0 Å². The summed E-state index contributed by atoms with van der Waals surface area (Å²) in [6.45, 7) is 4.25. The molecule has 0 radical (unpaired) electrons. The maximum absolute atomic E-state index is 5.46. The van der Waals surface area contributed by atoms with Crippen molar-refractivity contribution in [3.05, 3.63) is 24.0 Å². The molecule has 1 aromatic heterocycles. The summed E-state index contributed by atoms with van der Waals surface area (Å²) in [5.74, 6) is 0. The Balaban J connectivity index is 2.88. The molecule has 1 rings (SSSR count). The molecule has 0 aromatic carbocycles. The molecule has 0 saturated heterocycles. The standard InChI is InChI=1S/C10H15N3S/c1-7(2)13(3)8-4-5-9(10(11)14)12-6-8/h4-7H,1-3H3,(H2,11,14). The molecule has 4 heteroatoms. The number of nitrogens with zero attached hydrogens (tertiary/aromatic N) is 2. The smallest absolute Gasteiger partial charge is 0.122 e. The summed E-state index contributed by atoms with van der Waals surface area (Å²) in [4.78, 5) is 6.65. The van der Waals surface area contributed by atoms with Gasteiger partial charge in [-0.2, -0.15) is 0 Å². The van der Waals surface area contributed by atoms with Gasteiger partial charge in [0.2, 0.25) is 0 Å². The first-order valence-electron chi connectivity index (χ1n) is 4.51. The number of nitrogens with two attached hydrogens (primary N) is 1. The Bertz CT molecular complexity index is 319. The van der Waals surface area contributed by atoms with E-state index >= 15 is 0 Å². The van der Waals surface area contributed by atoms with Gasteiger partial charge in [0, 0.05) is 13.1 Å². The zero-order chi connectivity index (χ0) is 10.7. The van der Waals surface area contributed by atoms with Crippen LogP contribution in [0.15, 0.2) is 18.3 Å². The Hall–Kier alpha value is -1.16. The first-order chi connectivity index (χ1) is 6.52. The molecule has 0 fully saturated rings. The Morgan fingerprint density at radius 1 is 1.50 bits per heavy atom. The number of hydrogen-bond donors (Lipinski definition) is 1. The fourth-order valence-electron chi connectivity index (χ4n) is 1.04. The van der Waals surface area contributed by atoms with Crippen LogP contribution in [0.25, 0.3) is 0 Å². The molecule has 14 heavy (non-hydrogen) atoms. The van der Waals surface area contributed by atoms with Crippen LogP contribution in [0.4, 0.5) is 5.69 Å². The molecule has 0 unspecified atom stereocenters. The van der Waals surface area contributed by atoms with Crippen LogP contribution in [0, 0.1) is 0 Å². The van der Waals surface area contributed by atoms with E-state index in [1.807, 2.05) is 19.2 Å². The van der Waals surface area contributed by atoms with Crippen molar-refractivity contribution in [2.45, 2.75) is 19.9 Å². The second-order valence-electron chi connectivity index (χ2n) is 3.47. The van der Waals surface area contributed by atoms with E-state index in [0.29, 0.717) is 16.7 Å². The lowest BCUT2D eigenvalue weighted by atomic mass is 10.2. The van der Waals surface area contributed by atoms with E-state index in [1.54, 1.807) is 6.20 Å². The minimum absolute atomic E-state index is 0.337. The largest absolute Gasteiger partial charge is 0.388 e. The van der Waals surface area contributed by atoms with Crippen LogP contribution in [-0.4, -0.2) is 23.1 Å². The lowest BCUT2D eigenvalue weighted by molar-refractivity contribution is 0.753. The molecule has 0 aliphatic rings. The van der Waals surface area contributed by atoms with Gasteiger partial charge in [0.05, 0.1) is 17.6 Å². The molecule has 0 aliphatic heterocycles. The van der Waals surface area contributed by atoms with Crippen LogP contribution in [-0.2, 0) is 0 Å². The van der Waals surface area contributed by atoms with Crippen molar-refractivity contribution in [3.8, 4) is 0 Å². The molecule has 2 N–H and O–H groups in total. The zero-order valence-corrected chi connectivity index (χ0v) is 9.51. The second kappa shape index (κ2) is 4.37. The first kappa shape index (κ1) is 10.9. The van der Waals surface area contributed by atoms with Crippen molar-refractivity contribution in [2.24, 2.45) is 5.73 Å². The molecule has 0 bridgehead atoms. The summed E-state index contributed by atoms with van der Waals surface area (Å²) in [7, 11) is 2.03. The third kappa shape index (κ3) is 2.42. The summed E-state index contributed by atoms with van der Waals surface area (Å²) in [6.07, 6.45) is 1.79. The average Bonchev–Trinajstić information content (AvgIpc) is 2.16. The van der Waals surface area contributed by atoms with Crippen molar-refractivity contribution >= 4 is 22.9 Å². The number of thiocarbonyl (C=S) groups is 1. The maximum Gasteiger partial charge on any atom is 0.122 e. The van der Waals surface area contributed by atoms with Crippen molar-refractivity contribution in [1.29, 1.82) is 0 Å². The predicted molar refractivity (Wildman–Crippen MR) is 63.7 cm³/mol. The van der Waals surface area contributed by atoms with Crippen LogP contribution in [0.1, 0.15) is 19.5 Å². The van der Waals surface area contributed by atoms with Gasteiger partial charge in [0.25, 0.3) is 0 Å². The van der Waals surface area contributed by atoms with E-state index in [2.05, 4.69) is 23.7 Å². The van der Waals surface area contributed by atoms with E-state index in [4.69, 9.17) is 18.0 Å². The quantitative estimate of drug-likeness (QED) is 0.767. The van der Waals surface area contributed by atoms with Crippen molar-refractivity contribution in [3.63, 3.8) is 0 Å². The van der Waals surface area contributed by atoms with Gasteiger partial charge in [-0.05, 0) is 26.0 Å². The zero-order valence-electron chi connectivity index (χ0n) is 8.69. The number of anilines is 1. The highest BCUT2D eigenvalue weighted by atomic mass is 32.1. The number of aromatic nitrogens is 1. The first-order valence-corrected chi connectivity index (χ1v) is 4.92. The predicted octanol–water partition coefficient (Wildman–Crippen LogP) is 1.56. The molecule has 76 valence electrons. The minimum Gasteiger partial charge on any atom is -0.388 e. The topological polar surface area (TPSA) is 42.1 Å². The van der Waals surface area contributed by atoms with Crippen LogP contribution in [0.5, 0.6) is 0 Å². The van der Waals surface area contributed by atoms with Gasteiger partial charge in [0.1, 0.15) is 4.99 Å². The second-order valence-corrected chi connectivity index (χ2v) is 3.91. The van der Waals surface area contributed by atoms with Crippen molar-refractivity contribution < 1.29 is 0 Å². The number of rotatable bonds is 3. The summed E-state index contributed by atoms with van der Waals surface area (Å²) >= 11 is 4.82. The Kier molecular flexibility index (Phi) is 3.41. The number of hydrogen-bond acceptors (Lipinski definition) is 3. The maximum atomic E-state index is 5.46. The monoisotopic (exact) mass is 209 g/mol. The lowest BCUT2D eigenvalue weighted by Crippen LogP contribution is -2.25. The van der Waals surface area contributed by atoms with E-state index in [0.717, 1.165) is 5.69 Å². The minimum atomic E-state index is 0.337. The van der Waals surface area contributed by atoms with Crippen molar-refractivity contribution in [2.75, 3.05) is 11.9 Å². The highest BCUT2D eigenvalue weighted by Gasteiger charge is 2.05. The van der Waals surface area contributed by atoms with Crippen molar-refractivity contribution in [1.82, 2.24) is 4.98 Å². The third-order valence-electron chi connectivity index (χ3n) is 2.18. The molecule has 0 aliphatic carbocycles. The van der Waals surface area contributed by atoms with Crippen LogP contribution in [0.3, 0.4) is 0 Å². The van der Waals surface area contributed by atoms with Gasteiger partial charge in [0.15, 0.2) is 0 Å². The SMILES string of the molecule is CC(C)N(C)c1ccc(C(N)=S)nc1. The molecular formula is C10H15N3S. The average molecular weight is 209 g/mol. The van der Waals surface area contributed by atoms with Gasteiger partial charge in [-0.3, -0.25) is 4.98 Å². The molecule has 0 spiro atoms. The van der Waals surface area contributed by atoms with Gasteiger partial charge in [-0.1, -0.05) is 12.2 Å². The Morgan fingerprint density at radius 3 is 2.50 bits per heavy atom. The highest BCUT2D eigenvalue weighted by Crippen LogP contribution is 2.13. The van der Waals surface area contributed by atoms with Crippen LogP contribution in [0.2, 0.25) is 0 Å². The van der Waals surface area contributed by atoms with E-state index < -0.39 is 0 Å².